The molecule has 0 atom stereocenters. The number of carboxylic acid groups (broad SMARTS) is 1. The fourth-order valence-electron chi connectivity index (χ4n) is 3.15. The lowest BCUT2D eigenvalue weighted by Gasteiger charge is -2.13. The van der Waals surface area contributed by atoms with E-state index in [1.807, 2.05) is 24.3 Å². The van der Waals surface area contributed by atoms with Gasteiger partial charge in [-0.25, -0.2) is 4.79 Å². The zero-order valence-corrected chi connectivity index (χ0v) is 17.1. The van der Waals surface area contributed by atoms with Gasteiger partial charge in [-0.15, -0.1) is 0 Å². The van der Waals surface area contributed by atoms with Gasteiger partial charge in [0.2, 0.25) is 0 Å². The Bertz CT molecular complexity index is 1130. The van der Waals surface area contributed by atoms with Crippen LogP contribution in [0, 0.1) is 0 Å². The lowest BCUT2D eigenvalue weighted by molar-refractivity contribution is -0.131. The van der Waals surface area contributed by atoms with E-state index in [1.54, 1.807) is 37.4 Å². The summed E-state index contributed by atoms with van der Waals surface area (Å²) in [6, 6.07) is 16.2. The number of aldehydes is 1. The molecule has 0 radical (unpaired) electrons. The van der Waals surface area contributed by atoms with Crippen LogP contribution in [0.25, 0.3) is 28.3 Å². The number of carboxylic acids is 1. The van der Waals surface area contributed by atoms with Crippen molar-refractivity contribution in [3.8, 4) is 33.8 Å². The van der Waals surface area contributed by atoms with Crippen molar-refractivity contribution in [3.63, 3.8) is 0 Å². The summed E-state index contributed by atoms with van der Waals surface area (Å²) in [5.41, 5.74) is 4.21. The molecule has 5 nitrogen and oxygen atoms in total. The second kappa shape index (κ2) is 9.29. The molecule has 0 heterocycles. The standard InChI is InChI=1S/C24H19ClO5/c1-29-19-6-8-20(16(12-19)5-10-24(27)28)15-3-7-21(18(11-15)14-26)17-4-9-23(30-2)22(25)13-17/h3-14H,1-2H3,(H,27,28)/b10-5+. The number of halogens is 1. The SMILES string of the molecule is COc1ccc(-c2ccc(-c3ccc(OC)c(Cl)c3)c(C=O)c2)c(/C=C/C(=O)O)c1. The number of aliphatic carboxylic acids is 1. The lowest BCUT2D eigenvalue weighted by Crippen LogP contribution is -1.93. The van der Waals surface area contributed by atoms with Crippen LogP contribution in [-0.4, -0.2) is 31.6 Å². The fourth-order valence-corrected chi connectivity index (χ4v) is 3.41. The molecule has 3 rings (SSSR count). The third kappa shape index (κ3) is 4.53. The van der Waals surface area contributed by atoms with Crippen LogP contribution in [0.1, 0.15) is 15.9 Å². The van der Waals surface area contributed by atoms with Crippen LogP contribution in [0.5, 0.6) is 11.5 Å². The van der Waals surface area contributed by atoms with Crippen molar-refractivity contribution in [1.29, 1.82) is 0 Å². The highest BCUT2D eigenvalue weighted by atomic mass is 35.5. The molecule has 30 heavy (non-hydrogen) atoms. The van der Waals surface area contributed by atoms with Gasteiger partial charge in [-0.1, -0.05) is 35.9 Å². The van der Waals surface area contributed by atoms with Gasteiger partial charge in [0.25, 0.3) is 0 Å². The first-order chi connectivity index (χ1) is 14.5. The van der Waals surface area contributed by atoms with E-state index in [-0.39, 0.29) is 0 Å². The normalized spacial score (nSPS) is 10.8. The van der Waals surface area contributed by atoms with Crippen molar-refractivity contribution in [2.75, 3.05) is 14.2 Å². The van der Waals surface area contributed by atoms with Gasteiger partial charge in [0.15, 0.2) is 6.29 Å². The Hall–Kier alpha value is -3.57. The van der Waals surface area contributed by atoms with E-state index in [0.717, 1.165) is 34.6 Å². The number of hydrogen-bond donors (Lipinski definition) is 1. The first kappa shape index (κ1) is 21.1. The molecule has 0 unspecified atom stereocenters. The van der Waals surface area contributed by atoms with Gasteiger partial charge in [0, 0.05) is 11.6 Å². The monoisotopic (exact) mass is 422 g/mol. The zero-order chi connectivity index (χ0) is 21.7. The van der Waals surface area contributed by atoms with E-state index in [4.69, 9.17) is 26.2 Å². The van der Waals surface area contributed by atoms with Crippen LogP contribution >= 0.6 is 11.6 Å². The van der Waals surface area contributed by atoms with Crippen LogP contribution in [0.2, 0.25) is 5.02 Å². The summed E-state index contributed by atoms with van der Waals surface area (Å²) in [6.07, 6.45) is 3.35. The Labute approximate surface area is 179 Å². The van der Waals surface area contributed by atoms with Crippen molar-refractivity contribution in [3.05, 3.63) is 76.8 Å². The fraction of sp³-hybridized carbons (Fsp3) is 0.0833. The van der Waals surface area contributed by atoms with Gasteiger partial charge in [-0.05, 0) is 64.2 Å². The van der Waals surface area contributed by atoms with Gasteiger partial charge in [0.05, 0.1) is 19.2 Å². The van der Waals surface area contributed by atoms with Crippen molar-refractivity contribution < 1.29 is 24.2 Å². The molecule has 152 valence electrons. The van der Waals surface area contributed by atoms with Gasteiger partial charge in [-0.3, -0.25) is 4.79 Å². The van der Waals surface area contributed by atoms with Crippen LogP contribution < -0.4 is 9.47 Å². The highest BCUT2D eigenvalue weighted by molar-refractivity contribution is 6.32. The molecule has 3 aromatic rings. The third-order valence-corrected chi connectivity index (χ3v) is 4.91. The smallest absolute Gasteiger partial charge is 0.328 e. The molecule has 0 bridgehead atoms. The summed E-state index contributed by atoms with van der Waals surface area (Å²) in [5, 5.41) is 9.43. The van der Waals surface area contributed by atoms with Crippen molar-refractivity contribution in [1.82, 2.24) is 0 Å². The maximum Gasteiger partial charge on any atom is 0.328 e. The molecule has 0 spiro atoms. The van der Waals surface area contributed by atoms with Crippen molar-refractivity contribution >= 4 is 29.9 Å². The van der Waals surface area contributed by atoms with Gasteiger partial charge in [0.1, 0.15) is 11.5 Å². The minimum atomic E-state index is -1.05. The summed E-state index contributed by atoms with van der Waals surface area (Å²) < 4.78 is 10.4. The average molecular weight is 423 g/mol. The largest absolute Gasteiger partial charge is 0.497 e. The average Bonchev–Trinajstić information content (AvgIpc) is 2.76. The summed E-state index contributed by atoms with van der Waals surface area (Å²) >= 11 is 6.23. The molecule has 0 saturated heterocycles. The molecule has 1 N–H and O–H groups in total. The van der Waals surface area contributed by atoms with E-state index in [2.05, 4.69) is 0 Å². The van der Waals surface area contributed by atoms with Gasteiger partial charge < -0.3 is 14.6 Å². The Kier molecular flexibility index (Phi) is 6.54. The van der Waals surface area contributed by atoms with Gasteiger partial charge in [-0.2, -0.15) is 0 Å². The molecule has 0 aliphatic carbocycles. The molecule has 0 aliphatic rings. The van der Waals surface area contributed by atoms with Crippen LogP contribution in [0.4, 0.5) is 0 Å². The summed E-state index contributed by atoms with van der Waals surface area (Å²) in [4.78, 5) is 22.8. The molecule has 0 saturated carbocycles. The quantitative estimate of drug-likeness (QED) is 0.396. The second-order valence-corrected chi connectivity index (χ2v) is 6.80. The maximum atomic E-state index is 11.8. The van der Waals surface area contributed by atoms with Crippen LogP contribution in [0.3, 0.4) is 0 Å². The molecular weight excluding hydrogens is 404 g/mol. The predicted molar refractivity (Wildman–Crippen MR) is 117 cm³/mol. The Morgan fingerprint density at radius 1 is 0.900 bits per heavy atom. The number of carbonyl (C=O) groups excluding carboxylic acids is 1. The minimum Gasteiger partial charge on any atom is -0.497 e. The Balaban J connectivity index is 2.10. The van der Waals surface area contributed by atoms with E-state index in [9.17, 15) is 9.59 Å². The molecule has 6 heteroatoms. The molecule has 0 aromatic heterocycles. The number of methoxy groups -OCH3 is 2. The molecule has 0 fully saturated rings. The Morgan fingerprint density at radius 2 is 1.57 bits per heavy atom. The summed E-state index contributed by atoms with van der Waals surface area (Å²) in [5.74, 6) is 0.103. The lowest BCUT2D eigenvalue weighted by atomic mass is 9.93. The second-order valence-electron chi connectivity index (χ2n) is 6.39. The van der Waals surface area contributed by atoms with E-state index in [1.165, 1.54) is 13.2 Å². The number of benzene rings is 3. The van der Waals surface area contributed by atoms with Crippen molar-refractivity contribution in [2.24, 2.45) is 0 Å². The highest BCUT2D eigenvalue weighted by Gasteiger charge is 2.12. The van der Waals surface area contributed by atoms with E-state index in [0.29, 0.717) is 27.6 Å². The Morgan fingerprint density at radius 3 is 2.20 bits per heavy atom. The van der Waals surface area contributed by atoms with E-state index < -0.39 is 5.97 Å². The van der Waals surface area contributed by atoms with E-state index >= 15 is 0 Å². The first-order valence-electron chi connectivity index (χ1n) is 8.99. The number of ether oxygens (including phenoxy) is 2. The first-order valence-corrected chi connectivity index (χ1v) is 9.37. The minimum absolute atomic E-state index is 0.451. The van der Waals surface area contributed by atoms with Gasteiger partial charge >= 0.3 is 5.97 Å². The molecule has 3 aromatic carbocycles. The molecule has 0 aliphatic heterocycles. The number of carbonyl (C=O) groups is 2. The topological polar surface area (TPSA) is 72.8 Å². The highest BCUT2D eigenvalue weighted by Crippen LogP contribution is 2.35. The summed E-state index contributed by atoms with van der Waals surface area (Å²) in [6.45, 7) is 0. The van der Waals surface area contributed by atoms with Crippen molar-refractivity contribution in [2.45, 2.75) is 0 Å². The number of rotatable bonds is 7. The predicted octanol–water partition coefficient (Wildman–Crippen LogP) is 5.60. The summed E-state index contributed by atoms with van der Waals surface area (Å²) in [7, 11) is 3.08. The maximum absolute atomic E-state index is 11.8. The number of hydrogen-bond acceptors (Lipinski definition) is 4. The van der Waals surface area contributed by atoms with Crippen LogP contribution in [0.15, 0.2) is 60.7 Å². The third-order valence-electron chi connectivity index (χ3n) is 4.62. The zero-order valence-electron chi connectivity index (χ0n) is 16.4. The molecular formula is C24H19ClO5. The van der Waals surface area contributed by atoms with Crippen LogP contribution in [-0.2, 0) is 4.79 Å². The molecule has 0 amide bonds.